The van der Waals surface area contributed by atoms with Gasteiger partial charge in [0.2, 0.25) is 5.91 Å². The van der Waals surface area contributed by atoms with E-state index in [1.165, 1.54) is 0 Å². The van der Waals surface area contributed by atoms with E-state index in [0.717, 1.165) is 0 Å². The van der Waals surface area contributed by atoms with Gasteiger partial charge in [0.05, 0.1) is 10.9 Å². The fourth-order valence-corrected chi connectivity index (χ4v) is 0.551. The van der Waals surface area contributed by atoms with Crippen molar-refractivity contribution in [1.82, 2.24) is 5.32 Å². The Balaban J connectivity index is 3.40. The van der Waals surface area contributed by atoms with Crippen LogP contribution < -0.4 is 5.32 Å². The lowest BCUT2D eigenvalue weighted by Gasteiger charge is -2.07. The molecule has 1 amide bonds. The van der Waals surface area contributed by atoms with E-state index in [-0.39, 0.29) is 10.7 Å². The Kier molecular flexibility index (Phi) is 4.64. The van der Waals surface area contributed by atoms with Gasteiger partial charge in [-0.25, -0.2) is 0 Å². The van der Waals surface area contributed by atoms with Crippen molar-refractivity contribution >= 4 is 21.8 Å². The molecule has 2 unspecified atom stereocenters. The zero-order chi connectivity index (χ0) is 8.15. The van der Waals surface area contributed by atoms with Crippen LogP contribution in [0.25, 0.3) is 0 Å². The van der Waals surface area contributed by atoms with Gasteiger partial charge in [-0.15, -0.1) is 0 Å². The largest absolute Gasteiger partial charge is 0.392 e. The fourth-order valence-electron chi connectivity index (χ4n) is 0.389. The predicted octanol–water partition coefficient (Wildman–Crippen LogP) is 0.267. The maximum Gasteiger partial charge on any atom is 0.233 e. The van der Waals surface area contributed by atoms with Crippen LogP contribution in [0.5, 0.6) is 0 Å². The first-order valence-electron chi connectivity index (χ1n) is 3.14. The summed E-state index contributed by atoms with van der Waals surface area (Å²) in [5.74, 6) is -0.0964. The third kappa shape index (κ3) is 4.76. The minimum Gasteiger partial charge on any atom is -0.392 e. The molecule has 0 saturated carbocycles. The molecule has 3 nitrogen and oxygen atoms in total. The zero-order valence-electron chi connectivity index (χ0n) is 6.10. The Morgan fingerprint density at radius 1 is 1.70 bits per heavy atom. The summed E-state index contributed by atoms with van der Waals surface area (Å²) in [7, 11) is 0. The summed E-state index contributed by atoms with van der Waals surface area (Å²) in [6.07, 6.45) is -0.477. The number of carbonyl (C=O) groups excluding carboxylic acids is 1. The van der Waals surface area contributed by atoms with E-state index in [9.17, 15) is 4.79 Å². The molecular weight excluding hydrogens is 198 g/mol. The van der Waals surface area contributed by atoms with Gasteiger partial charge in [0.1, 0.15) is 0 Å². The minimum absolute atomic E-state index is 0.0964. The van der Waals surface area contributed by atoms with Crippen molar-refractivity contribution in [3.63, 3.8) is 0 Å². The standard InChI is InChI=1S/C6H12BrNO2/c1-4(9)3-8-6(10)5(2)7/h4-5,9H,3H2,1-2H3,(H,8,10). The minimum atomic E-state index is -0.477. The van der Waals surface area contributed by atoms with Gasteiger partial charge >= 0.3 is 0 Å². The Hall–Kier alpha value is -0.0900. The number of aliphatic hydroxyl groups excluding tert-OH is 1. The van der Waals surface area contributed by atoms with E-state index in [4.69, 9.17) is 5.11 Å². The van der Waals surface area contributed by atoms with Crippen molar-refractivity contribution in [3.8, 4) is 0 Å². The topological polar surface area (TPSA) is 49.3 Å². The molecule has 60 valence electrons. The molecule has 0 rings (SSSR count). The van der Waals surface area contributed by atoms with Crippen LogP contribution in [-0.2, 0) is 4.79 Å². The first-order valence-corrected chi connectivity index (χ1v) is 4.05. The molecule has 0 aromatic carbocycles. The normalized spacial score (nSPS) is 16.0. The number of carbonyl (C=O) groups is 1. The quantitative estimate of drug-likeness (QED) is 0.656. The van der Waals surface area contributed by atoms with E-state index < -0.39 is 6.10 Å². The average Bonchev–Trinajstić information content (AvgIpc) is 1.82. The van der Waals surface area contributed by atoms with Gasteiger partial charge < -0.3 is 10.4 Å². The molecular formula is C6H12BrNO2. The molecule has 0 aliphatic heterocycles. The number of halogens is 1. The van der Waals surface area contributed by atoms with Crippen LogP contribution >= 0.6 is 15.9 Å². The molecule has 0 aromatic rings. The van der Waals surface area contributed by atoms with Gasteiger partial charge in [-0.1, -0.05) is 15.9 Å². The number of aliphatic hydroxyl groups is 1. The molecule has 0 bridgehead atoms. The lowest BCUT2D eigenvalue weighted by atomic mass is 10.4. The molecule has 0 saturated heterocycles. The summed E-state index contributed by atoms with van der Waals surface area (Å²) in [6, 6.07) is 0. The summed E-state index contributed by atoms with van der Waals surface area (Å²) < 4.78 is 0. The second-order valence-electron chi connectivity index (χ2n) is 2.21. The maximum absolute atomic E-state index is 10.8. The molecule has 0 aromatic heterocycles. The SMILES string of the molecule is CC(O)CNC(=O)C(C)Br. The van der Waals surface area contributed by atoms with Crippen molar-refractivity contribution in [2.45, 2.75) is 24.8 Å². The summed E-state index contributed by atoms with van der Waals surface area (Å²) in [6.45, 7) is 3.67. The van der Waals surface area contributed by atoms with E-state index in [1.807, 2.05) is 0 Å². The summed E-state index contributed by atoms with van der Waals surface area (Å²) >= 11 is 3.10. The third-order valence-corrected chi connectivity index (χ3v) is 1.35. The summed E-state index contributed by atoms with van der Waals surface area (Å²) in [4.78, 5) is 10.6. The molecule has 0 radical (unpaired) electrons. The molecule has 0 aliphatic carbocycles. The van der Waals surface area contributed by atoms with Crippen LogP contribution in [0.2, 0.25) is 0 Å². The van der Waals surface area contributed by atoms with Gasteiger partial charge in [-0.3, -0.25) is 4.79 Å². The molecule has 0 heterocycles. The fraction of sp³-hybridized carbons (Fsp3) is 0.833. The van der Waals surface area contributed by atoms with Crippen molar-refractivity contribution in [1.29, 1.82) is 0 Å². The Labute approximate surface area is 68.9 Å². The number of rotatable bonds is 3. The number of hydrogen-bond acceptors (Lipinski definition) is 2. The third-order valence-electron chi connectivity index (χ3n) is 0.933. The number of alkyl halides is 1. The molecule has 0 spiro atoms. The van der Waals surface area contributed by atoms with Crippen molar-refractivity contribution in [3.05, 3.63) is 0 Å². The van der Waals surface area contributed by atoms with Crippen LogP contribution in [0, 0.1) is 0 Å². The second-order valence-corrected chi connectivity index (χ2v) is 3.58. The van der Waals surface area contributed by atoms with E-state index in [0.29, 0.717) is 6.54 Å². The lowest BCUT2D eigenvalue weighted by molar-refractivity contribution is -0.120. The Morgan fingerprint density at radius 3 is 2.50 bits per heavy atom. The highest BCUT2D eigenvalue weighted by Crippen LogP contribution is 1.95. The average molecular weight is 210 g/mol. The number of hydrogen-bond donors (Lipinski definition) is 2. The highest BCUT2D eigenvalue weighted by molar-refractivity contribution is 9.10. The molecule has 0 aliphatic rings. The van der Waals surface area contributed by atoms with Crippen molar-refractivity contribution < 1.29 is 9.90 Å². The maximum atomic E-state index is 10.8. The van der Waals surface area contributed by atoms with Gasteiger partial charge in [-0.2, -0.15) is 0 Å². The lowest BCUT2D eigenvalue weighted by Crippen LogP contribution is -2.34. The summed E-state index contributed by atoms with van der Waals surface area (Å²) in [5.41, 5.74) is 0. The van der Waals surface area contributed by atoms with E-state index in [2.05, 4.69) is 21.2 Å². The first-order chi connectivity index (χ1) is 4.54. The van der Waals surface area contributed by atoms with Gasteiger partial charge in [-0.05, 0) is 13.8 Å². The van der Waals surface area contributed by atoms with Gasteiger partial charge in [0, 0.05) is 6.54 Å². The zero-order valence-corrected chi connectivity index (χ0v) is 7.68. The van der Waals surface area contributed by atoms with Crippen LogP contribution in [0.1, 0.15) is 13.8 Å². The molecule has 10 heavy (non-hydrogen) atoms. The van der Waals surface area contributed by atoms with E-state index in [1.54, 1.807) is 13.8 Å². The smallest absolute Gasteiger partial charge is 0.233 e. The van der Waals surface area contributed by atoms with Crippen molar-refractivity contribution in [2.75, 3.05) is 6.54 Å². The van der Waals surface area contributed by atoms with Crippen LogP contribution in [0.15, 0.2) is 0 Å². The van der Waals surface area contributed by atoms with Crippen LogP contribution in [0.3, 0.4) is 0 Å². The summed E-state index contributed by atoms with van der Waals surface area (Å²) in [5, 5.41) is 11.3. The monoisotopic (exact) mass is 209 g/mol. The van der Waals surface area contributed by atoms with Gasteiger partial charge in [0.15, 0.2) is 0 Å². The van der Waals surface area contributed by atoms with Gasteiger partial charge in [0.25, 0.3) is 0 Å². The van der Waals surface area contributed by atoms with Crippen molar-refractivity contribution in [2.24, 2.45) is 0 Å². The Morgan fingerprint density at radius 2 is 2.20 bits per heavy atom. The number of nitrogens with one attached hydrogen (secondary N) is 1. The van der Waals surface area contributed by atoms with E-state index >= 15 is 0 Å². The highest BCUT2D eigenvalue weighted by atomic mass is 79.9. The van der Waals surface area contributed by atoms with Crippen LogP contribution in [0.4, 0.5) is 0 Å². The molecule has 4 heteroatoms. The number of amides is 1. The predicted molar refractivity (Wildman–Crippen MR) is 43.1 cm³/mol. The highest BCUT2D eigenvalue weighted by Gasteiger charge is 2.07. The second kappa shape index (κ2) is 4.68. The first kappa shape index (κ1) is 9.91. The molecule has 2 N–H and O–H groups in total. The molecule has 0 fully saturated rings. The molecule has 2 atom stereocenters. The van der Waals surface area contributed by atoms with Crippen LogP contribution in [-0.4, -0.2) is 28.5 Å². The Bertz CT molecular complexity index is 114.